The Morgan fingerprint density at radius 1 is 0.636 bits per heavy atom. The van der Waals surface area contributed by atoms with Crippen LogP contribution in [0, 0.1) is 17.3 Å². The number of aliphatic carboxylic acids is 4. The number of aliphatic hydroxyl groups is 11. The van der Waals surface area contributed by atoms with Gasteiger partial charge in [-0.05, 0) is 119 Å². The zero-order valence-corrected chi connectivity index (χ0v) is 73.2. The number of hydrazine groups is 1. The van der Waals surface area contributed by atoms with Crippen LogP contribution in [-0.4, -0.2) is 358 Å². The highest BCUT2D eigenvalue weighted by molar-refractivity contribution is 8.76. The van der Waals surface area contributed by atoms with Crippen molar-refractivity contribution in [3.05, 3.63) is 70.9 Å². The number of ether oxygens (including phenoxy) is 3. The van der Waals surface area contributed by atoms with Crippen LogP contribution >= 0.6 is 21.6 Å². The van der Waals surface area contributed by atoms with E-state index in [0.29, 0.717) is 73.6 Å². The third kappa shape index (κ3) is 22.6. The van der Waals surface area contributed by atoms with Gasteiger partial charge in [0.2, 0.25) is 41.4 Å². The van der Waals surface area contributed by atoms with E-state index >= 15 is 9.59 Å². The molecular weight excluding hydrogens is 1740 g/mol. The lowest BCUT2D eigenvalue weighted by atomic mass is 9.47. The highest BCUT2D eigenvalue weighted by Crippen LogP contribution is 2.68. The Hall–Kier alpha value is -10.1. The second-order valence-corrected chi connectivity index (χ2v) is 35.8. The van der Waals surface area contributed by atoms with E-state index in [9.17, 15) is 119 Å². The number of carboxylic acids is 4. The molecule has 5 heterocycles. The van der Waals surface area contributed by atoms with Crippen molar-refractivity contribution in [3.8, 4) is 5.75 Å². The molecule has 2 aliphatic carbocycles. The van der Waals surface area contributed by atoms with Crippen molar-refractivity contribution in [3.63, 3.8) is 0 Å². The molecule has 2 saturated carbocycles. The standard InChI is InChI=1S/C82H117N13O32S2/c1-6-12-58(102)87-46(17-20-55(99)84-35-51(96)59(103)62(106)70(114)115)66(109)89-47(18-21-56(100)85-36-52(97)60(104)63(107)71(116)117)67(110)90-48(19-22-57(101)86-37-53(98)61(105)64(108)72(118)119)68(111)91-49(69(112)113)38-129-128-30-29-127-78(123)93-92-76(121)82(124)74-80(25-28-95-27-11-24-79(7-2,73(80)95)75(82)120)43-32-44(54(125-4)33-50(43)94(74)3)81(77(122)126-5)40-14-10-13-39(31-40)34-83-26-23-42-41-15-8-9-16-45(41)88-65(42)81/h8-9,11,15-16,24,32-33,39-40,46-49,51-53,59-64,73-75,83,88,96-98,103-108,120,124H,6-7,10,12-14,17-23,25-31,34-38H2,1-5H3,(H,84,99)(H,85,100)(H,86,101)(H,87,102)(H,89,109)(H,90,110)(H,91,111)(H,92,121)(H,93,123)(H,112,113)(H,114,115)(H,116,117)(H,118,119)/t39-,40?,46+,47+,48+,49+,51+,52+,53+,59-,60-,61-,62+,63+,64+,73+,74-,75-,79-,80-,81+,82+/m1/s1. The van der Waals surface area contributed by atoms with Gasteiger partial charge in [-0.3, -0.25) is 53.5 Å². The lowest BCUT2D eigenvalue weighted by Gasteiger charge is -2.63. The number of para-hydroxylation sites is 1. The molecule has 3 aromatic rings. The predicted molar refractivity (Wildman–Crippen MR) is 454 cm³/mol. The molecule has 2 bridgehead atoms. The monoisotopic (exact) mass is 1860 g/mol. The summed E-state index contributed by atoms with van der Waals surface area (Å²) in [5, 5.41) is 175. The Labute approximate surface area is 747 Å². The minimum Gasteiger partial charge on any atom is -0.496 e. The summed E-state index contributed by atoms with van der Waals surface area (Å²) in [6.45, 7) is 2.57. The van der Waals surface area contributed by atoms with Gasteiger partial charge in [-0.15, -0.1) is 0 Å². The number of nitrogens with one attached hydrogen (secondary N) is 11. The molecule has 1 spiro atoms. The summed E-state index contributed by atoms with van der Waals surface area (Å²) in [7, 11) is 6.30. The number of anilines is 1. The molecule has 129 heavy (non-hydrogen) atoms. The molecule has 22 atom stereocenters. The first kappa shape index (κ1) is 103. The number of benzene rings is 2. The Balaban J connectivity index is 0.907. The van der Waals surface area contributed by atoms with E-state index in [1.807, 2.05) is 55.5 Å². The maximum Gasteiger partial charge on any atom is 0.426 e. The van der Waals surface area contributed by atoms with Crippen LogP contribution in [0.4, 0.5) is 10.5 Å². The van der Waals surface area contributed by atoms with Gasteiger partial charge in [-0.1, -0.05) is 72.2 Å². The average Bonchev–Trinajstić information content (AvgIpc) is 1.48. The minimum absolute atomic E-state index is 0.127. The van der Waals surface area contributed by atoms with Crippen LogP contribution in [0.2, 0.25) is 0 Å². The maximum absolute atomic E-state index is 15.7. The summed E-state index contributed by atoms with van der Waals surface area (Å²) in [5.74, 6) is -17.7. The van der Waals surface area contributed by atoms with Gasteiger partial charge in [0, 0.05) is 121 Å². The number of H-pyrrole nitrogens is 1. The number of esters is 1. The summed E-state index contributed by atoms with van der Waals surface area (Å²) in [6.07, 6.45) is -20.7. The first-order valence-electron chi connectivity index (χ1n) is 42.4. The number of hydrogen-bond acceptors (Lipinski definition) is 33. The summed E-state index contributed by atoms with van der Waals surface area (Å²) >= 11 is 0. The van der Waals surface area contributed by atoms with Crippen LogP contribution in [0.3, 0.4) is 0 Å². The number of carbonyl (C=O) groups is 14. The maximum atomic E-state index is 15.7. The van der Waals surface area contributed by atoms with Gasteiger partial charge < -0.3 is 143 Å². The number of nitrogens with zero attached hydrogens (tertiary/aromatic N) is 2. The largest absolute Gasteiger partial charge is 0.496 e. The fourth-order valence-electron chi connectivity index (χ4n) is 18.9. The summed E-state index contributed by atoms with van der Waals surface area (Å²) in [5.41, 5.74) is 1.98. The quantitative estimate of drug-likeness (QED) is 0.00823. The molecule has 1 unspecified atom stereocenters. The molecule has 714 valence electrons. The number of hydrogen-bond donors (Lipinski definition) is 26. The number of rotatable bonds is 45. The molecule has 3 fully saturated rings. The lowest BCUT2D eigenvalue weighted by Crippen LogP contribution is -2.82. The van der Waals surface area contributed by atoms with Crippen LogP contribution in [0.15, 0.2) is 48.6 Å². The highest BCUT2D eigenvalue weighted by atomic mass is 33.1. The molecule has 45 nitrogen and oxygen atoms in total. The van der Waals surface area contributed by atoms with E-state index in [0.717, 1.165) is 57.4 Å². The van der Waals surface area contributed by atoms with Gasteiger partial charge in [-0.25, -0.2) is 29.4 Å². The normalized spacial score (nSPS) is 25.1. The second-order valence-electron chi connectivity index (χ2n) is 33.1. The Bertz CT molecular complexity index is 4610. The molecular formula is C82H117N13O32S2. The van der Waals surface area contributed by atoms with E-state index in [1.165, 1.54) is 14.2 Å². The van der Waals surface area contributed by atoms with Crippen LogP contribution in [-0.2, 0) is 89.1 Å². The predicted octanol–water partition coefficient (Wildman–Crippen LogP) is -6.06. The third-order valence-electron chi connectivity index (χ3n) is 25.3. The summed E-state index contributed by atoms with van der Waals surface area (Å²) in [6, 6.07) is 2.15. The van der Waals surface area contributed by atoms with E-state index in [4.69, 9.17) is 29.5 Å². The van der Waals surface area contributed by atoms with E-state index in [2.05, 4.69) is 63.3 Å². The minimum atomic E-state index is -2.75. The number of fused-ring (bicyclic) bond motifs is 6. The van der Waals surface area contributed by atoms with Crippen LogP contribution in [0.1, 0.15) is 126 Å². The zero-order chi connectivity index (χ0) is 94.9. The van der Waals surface area contributed by atoms with Gasteiger partial charge in [0.25, 0.3) is 5.91 Å². The highest BCUT2D eigenvalue weighted by Gasteiger charge is 2.79. The van der Waals surface area contributed by atoms with Crippen molar-refractivity contribution >= 4 is 121 Å². The van der Waals surface area contributed by atoms with Crippen LogP contribution in [0.5, 0.6) is 5.75 Å². The van der Waals surface area contributed by atoms with Crippen molar-refractivity contribution in [2.24, 2.45) is 17.3 Å². The Morgan fingerprint density at radius 3 is 1.70 bits per heavy atom. The SMILES string of the molecule is CCCC(=O)N[C@@H](CCC(=O)NC[C@H](O)[C@@H](O)[C@H](O)C(=O)O)C(=O)N[C@@H](CCC(=O)NC[C@H](O)[C@@H](O)[C@H](O)C(=O)O)C(=O)N[C@@H](CCC(=O)NC[C@H](O)[C@@H](O)[C@H](O)C(=O)O)C(=O)N[C@@H](CSSCCOC(=O)NNC(=O)[C@@]1(O)[C@H](O)[C@]2(CC)C=CCN3CC[C@@]4(c5cc([C@]6(C(=O)OC)c7[nH]c8ccccc8c7CCNC[C@@H]7CCCC6C7)c(OC)cc5N(C)[C@@H]14)[C@@H]32)C(=O)O. The second kappa shape index (κ2) is 45.1. The van der Waals surface area contributed by atoms with Crippen molar-refractivity contribution in [2.75, 3.05) is 90.1 Å². The van der Waals surface area contributed by atoms with Crippen molar-refractivity contribution in [1.82, 2.24) is 63.3 Å². The number of aromatic amines is 1. The molecule has 4 aliphatic heterocycles. The Morgan fingerprint density at radius 2 is 1.18 bits per heavy atom. The molecule has 47 heteroatoms. The van der Waals surface area contributed by atoms with Gasteiger partial charge in [0.1, 0.15) is 84.7 Å². The van der Waals surface area contributed by atoms with E-state index in [-0.39, 0.29) is 36.9 Å². The number of carboxylic acid groups (broad SMARTS) is 4. The number of aromatic nitrogens is 1. The third-order valence-corrected chi connectivity index (χ3v) is 27.7. The topological polar surface area (TPSA) is 713 Å². The first-order valence-corrected chi connectivity index (χ1v) is 44.8. The zero-order valence-electron chi connectivity index (χ0n) is 71.5. The fraction of sp³-hybridized carbons (Fsp3) is 0.634. The van der Waals surface area contributed by atoms with Crippen molar-refractivity contribution < 1.29 is 158 Å². The first-order chi connectivity index (χ1) is 61.2. The van der Waals surface area contributed by atoms with Gasteiger partial charge in [0.05, 0.1) is 20.3 Å². The molecule has 6 aliphatic rings. The van der Waals surface area contributed by atoms with Crippen LogP contribution in [0.25, 0.3) is 10.9 Å². The van der Waals surface area contributed by atoms with Gasteiger partial charge >= 0.3 is 35.9 Å². The van der Waals surface area contributed by atoms with Gasteiger partial charge in [-0.2, -0.15) is 0 Å². The molecule has 9 rings (SSSR count). The number of carbonyl (C=O) groups excluding carboxylic acids is 10. The fourth-order valence-corrected chi connectivity index (χ4v) is 20.9. The van der Waals surface area contributed by atoms with E-state index < -0.39 is 273 Å². The summed E-state index contributed by atoms with van der Waals surface area (Å²) in [4.78, 5) is 195. The lowest BCUT2D eigenvalue weighted by molar-refractivity contribution is -0.204. The molecule has 0 radical (unpaired) electrons. The number of aliphatic hydroxyl groups excluding tert-OH is 10. The molecule has 26 N–H and O–H groups in total. The molecule has 2 aromatic carbocycles. The average molecular weight is 1860 g/mol. The van der Waals surface area contributed by atoms with Crippen LogP contribution < -0.4 is 63.0 Å². The van der Waals surface area contributed by atoms with Gasteiger partial charge in [0.15, 0.2) is 23.9 Å². The smallest absolute Gasteiger partial charge is 0.426 e. The molecule has 1 aromatic heterocycles. The number of likely N-dealkylation sites (N-methyl/N-ethyl adjacent to an activating group) is 1. The van der Waals surface area contributed by atoms with Crippen molar-refractivity contribution in [1.29, 1.82) is 0 Å². The number of methoxy groups -OCH3 is 2. The molecule has 1 saturated heterocycles. The number of amides is 9. The Kier molecular flexibility index (Phi) is 35.9. The summed E-state index contributed by atoms with van der Waals surface area (Å²) < 4.78 is 17.9. The van der Waals surface area contributed by atoms with E-state index in [1.54, 1.807) is 18.9 Å². The molecule has 9 amide bonds. The van der Waals surface area contributed by atoms with Crippen molar-refractivity contribution in [2.45, 2.75) is 224 Å².